The van der Waals surface area contributed by atoms with Crippen molar-refractivity contribution in [2.45, 2.75) is 6.92 Å². The van der Waals surface area contributed by atoms with E-state index in [1.165, 1.54) is 0 Å². The number of hydrogen-bond donors (Lipinski definition) is 4. The molecule has 0 unspecified atom stereocenters. The quantitative estimate of drug-likeness (QED) is 0.321. The van der Waals surface area contributed by atoms with Crippen LogP contribution in [0.3, 0.4) is 0 Å². The number of amides is 1. The molecular formula is C22H19N5O. The average Bonchev–Trinajstić information content (AvgIpc) is 3.16. The summed E-state index contributed by atoms with van der Waals surface area (Å²) < 4.78 is 0. The highest BCUT2D eigenvalue weighted by Gasteiger charge is 2.14. The van der Waals surface area contributed by atoms with E-state index < -0.39 is 0 Å². The number of fused-ring (bicyclic) bond motifs is 1. The number of aromatic amines is 1. The highest BCUT2D eigenvalue weighted by atomic mass is 16.1. The fourth-order valence-corrected chi connectivity index (χ4v) is 3.14. The summed E-state index contributed by atoms with van der Waals surface area (Å²) in [7, 11) is 0. The van der Waals surface area contributed by atoms with Crippen LogP contribution in [0.15, 0.2) is 67.0 Å². The maximum atomic E-state index is 12.8. The lowest BCUT2D eigenvalue weighted by Gasteiger charge is -2.12. The van der Waals surface area contributed by atoms with Crippen LogP contribution in [0.5, 0.6) is 0 Å². The summed E-state index contributed by atoms with van der Waals surface area (Å²) in [6.45, 7) is 1.88. The number of aromatic nitrogens is 2. The summed E-state index contributed by atoms with van der Waals surface area (Å²) >= 11 is 0. The fraction of sp³-hybridized carbons (Fsp3) is 0.0455. The Morgan fingerprint density at radius 2 is 1.86 bits per heavy atom. The Morgan fingerprint density at radius 3 is 2.64 bits per heavy atom. The predicted octanol–water partition coefficient (Wildman–Crippen LogP) is 4.12. The zero-order chi connectivity index (χ0) is 19.7. The van der Waals surface area contributed by atoms with Gasteiger partial charge in [0, 0.05) is 28.1 Å². The van der Waals surface area contributed by atoms with Crippen molar-refractivity contribution in [3.8, 4) is 0 Å². The van der Waals surface area contributed by atoms with Crippen LogP contribution in [0, 0.1) is 12.3 Å². The van der Waals surface area contributed by atoms with Crippen LogP contribution < -0.4 is 11.1 Å². The lowest BCUT2D eigenvalue weighted by Crippen LogP contribution is -2.14. The molecule has 6 heteroatoms. The number of nitrogens with two attached hydrogens (primary N) is 1. The molecule has 6 nitrogen and oxygen atoms in total. The lowest BCUT2D eigenvalue weighted by atomic mass is 10.00. The van der Waals surface area contributed by atoms with E-state index in [1.807, 2.05) is 43.3 Å². The second-order valence-electron chi connectivity index (χ2n) is 6.58. The molecule has 4 rings (SSSR count). The number of imidazole rings is 1. The first-order valence-electron chi connectivity index (χ1n) is 8.82. The minimum Gasteiger partial charge on any atom is -0.398 e. The largest absolute Gasteiger partial charge is 0.398 e. The Hall–Kier alpha value is -3.93. The van der Waals surface area contributed by atoms with Crippen LogP contribution in [0.25, 0.3) is 11.0 Å². The zero-order valence-corrected chi connectivity index (χ0v) is 15.3. The van der Waals surface area contributed by atoms with Gasteiger partial charge in [0.15, 0.2) is 0 Å². The number of carbonyl (C=O) groups excluding carboxylic acids is 1. The molecule has 0 aliphatic carbocycles. The fourth-order valence-electron chi connectivity index (χ4n) is 3.14. The van der Waals surface area contributed by atoms with Crippen molar-refractivity contribution in [1.29, 1.82) is 5.41 Å². The minimum absolute atomic E-state index is 0.232. The van der Waals surface area contributed by atoms with Crippen molar-refractivity contribution < 1.29 is 4.79 Å². The van der Waals surface area contributed by atoms with Crippen LogP contribution in [0.4, 0.5) is 11.4 Å². The van der Waals surface area contributed by atoms with Crippen LogP contribution in [-0.4, -0.2) is 21.6 Å². The highest BCUT2D eigenvalue weighted by molar-refractivity contribution is 6.15. The standard InChI is InChI=1S/C22H19N5O/c1-13-9-19-20(26-12-25-19)11-16(13)22(28)27-15-7-8-18(23)17(10-15)21(24)14-5-3-2-4-6-14/h2-12,24H,23H2,1H3,(H,25,26)(H,27,28). The van der Waals surface area contributed by atoms with Gasteiger partial charge in [-0.15, -0.1) is 0 Å². The number of anilines is 2. The molecule has 1 heterocycles. The second-order valence-corrected chi connectivity index (χ2v) is 6.58. The van der Waals surface area contributed by atoms with Gasteiger partial charge < -0.3 is 16.0 Å². The van der Waals surface area contributed by atoms with Gasteiger partial charge in [0.2, 0.25) is 0 Å². The molecule has 1 amide bonds. The molecular weight excluding hydrogens is 350 g/mol. The Kier molecular flexibility index (Phi) is 4.37. The molecule has 138 valence electrons. The third kappa shape index (κ3) is 3.23. The second kappa shape index (κ2) is 7.00. The summed E-state index contributed by atoms with van der Waals surface area (Å²) in [5, 5.41) is 11.4. The van der Waals surface area contributed by atoms with Crippen molar-refractivity contribution in [1.82, 2.24) is 9.97 Å². The Balaban J connectivity index is 1.63. The van der Waals surface area contributed by atoms with E-state index in [0.717, 1.165) is 22.2 Å². The van der Waals surface area contributed by atoms with Crippen LogP contribution in [-0.2, 0) is 0 Å². The average molecular weight is 369 g/mol. The normalized spacial score (nSPS) is 10.8. The summed E-state index contributed by atoms with van der Waals surface area (Å²) in [4.78, 5) is 20.1. The van der Waals surface area contributed by atoms with Crippen molar-refractivity contribution in [3.05, 3.63) is 89.2 Å². The maximum Gasteiger partial charge on any atom is 0.256 e. The number of H-pyrrole nitrogens is 1. The molecule has 0 bridgehead atoms. The number of benzene rings is 3. The van der Waals surface area contributed by atoms with Gasteiger partial charge in [-0.3, -0.25) is 10.2 Å². The van der Waals surface area contributed by atoms with E-state index in [1.54, 1.807) is 30.6 Å². The first-order valence-corrected chi connectivity index (χ1v) is 8.82. The van der Waals surface area contributed by atoms with Gasteiger partial charge >= 0.3 is 0 Å². The molecule has 0 radical (unpaired) electrons. The SMILES string of the molecule is Cc1cc2[nH]cnc2cc1C(=O)Nc1ccc(N)c(C(=N)c2ccccc2)c1. The molecule has 1 aromatic heterocycles. The van der Waals surface area contributed by atoms with Crippen molar-refractivity contribution in [2.24, 2.45) is 0 Å². The molecule has 0 fully saturated rings. The van der Waals surface area contributed by atoms with E-state index in [9.17, 15) is 4.79 Å². The Labute approximate surface area is 161 Å². The predicted molar refractivity (Wildman–Crippen MR) is 112 cm³/mol. The van der Waals surface area contributed by atoms with E-state index in [4.69, 9.17) is 11.1 Å². The molecule has 0 atom stereocenters. The van der Waals surface area contributed by atoms with Crippen molar-refractivity contribution in [3.63, 3.8) is 0 Å². The lowest BCUT2D eigenvalue weighted by molar-refractivity contribution is 0.102. The highest BCUT2D eigenvalue weighted by Crippen LogP contribution is 2.23. The van der Waals surface area contributed by atoms with Gasteiger partial charge in [-0.1, -0.05) is 30.3 Å². The van der Waals surface area contributed by atoms with Crippen molar-refractivity contribution in [2.75, 3.05) is 11.1 Å². The van der Waals surface area contributed by atoms with Crippen molar-refractivity contribution >= 4 is 34.0 Å². The number of aryl methyl sites for hydroxylation is 1. The Morgan fingerprint density at radius 1 is 1.07 bits per heavy atom. The number of nitrogens with one attached hydrogen (secondary N) is 3. The molecule has 0 aliphatic heterocycles. The van der Waals surface area contributed by atoms with E-state index >= 15 is 0 Å². The number of carbonyl (C=O) groups is 1. The van der Waals surface area contributed by atoms with Crippen LogP contribution in [0.1, 0.15) is 27.0 Å². The Bertz CT molecular complexity index is 1190. The third-order valence-corrected chi connectivity index (χ3v) is 4.65. The summed E-state index contributed by atoms with van der Waals surface area (Å²) in [6, 6.07) is 18.2. The van der Waals surface area contributed by atoms with Crippen LogP contribution in [0.2, 0.25) is 0 Å². The smallest absolute Gasteiger partial charge is 0.256 e. The van der Waals surface area contributed by atoms with Crippen LogP contribution >= 0.6 is 0 Å². The van der Waals surface area contributed by atoms with Gasteiger partial charge in [0.05, 0.1) is 23.1 Å². The summed E-state index contributed by atoms with van der Waals surface area (Å²) in [6.07, 6.45) is 1.60. The number of rotatable bonds is 4. The first-order chi connectivity index (χ1) is 13.5. The van der Waals surface area contributed by atoms with Gasteiger partial charge in [0.1, 0.15) is 0 Å². The zero-order valence-electron chi connectivity index (χ0n) is 15.3. The number of nitrogens with zero attached hydrogens (tertiary/aromatic N) is 1. The van der Waals surface area contributed by atoms with Gasteiger partial charge in [-0.2, -0.15) is 0 Å². The van der Waals surface area contributed by atoms with E-state index in [-0.39, 0.29) is 5.91 Å². The maximum absolute atomic E-state index is 12.8. The molecule has 0 spiro atoms. The molecule has 5 N–H and O–H groups in total. The summed E-state index contributed by atoms with van der Waals surface area (Å²) in [5.74, 6) is -0.232. The van der Waals surface area contributed by atoms with Gasteiger partial charge in [-0.05, 0) is 42.8 Å². The van der Waals surface area contributed by atoms with E-state index in [2.05, 4.69) is 15.3 Å². The monoisotopic (exact) mass is 369 g/mol. The number of hydrogen-bond acceptors (Lipinski definition) is 4. The minimum atomic E-state index is -0.232. The van der Waals surface area contributed by atoms with Gasteiger partial charge in [0.25, 0.3) is 5.91 Å². The molecule has 0 saturated carbocycles. The molecule has 0 aliphatic rings. The number of nitrogen functional groups attached to an aromatic ring is 1. The van der Waals surface area contributed by atoms with Gasteiger partial charge in [-0.25, -0.2) is 4.98 Å². The molecule has 0 saturated heterocycles. The molecule has 28 heavy (non-hydrogen) atoms. The molecule has 3 aromatic carbocycles. The van der Waals surface area contributed by atoms with E-state index in [0.29, 0.717) is 28.2 Å². The summed E-state index contributed by atoms with van der Waals surface area (Å²) in [5.41, 5.74) is 11.8. The molecule has 4 aromatic rings. The third-order valence-electron chi connectivity index (χ3n) is 4.65. The topological polar surface area (TPSA) is 108 Å². The first kappa shape index (κ1) is 17.5.